The number of hydrogen-bond acceptors (Lipinski definition) is 1. The minimum atomic E-state index is -4.31. The molecule has 0 amide bonds. The molecule has 0 spiro atoms. The Labute approximate surface area is 124 Å². The Morgan fingerprint density at radius 1 is 1.10 bits per heavy atom. The van der Waals surface area contributed by atoms with E-state index < -0.39 is 17.3 Å². The van der Waals surface area contributed by atoms with Crippen molar-refractivity contribution in [2.45, 2.75) is 64.1 Å². The van der Waals surface area contributed by atoms with Crippen LogP contribution >= 0.6 is 0 Å². The van der Waals surface area contributed by atoms with Gasteiger partial charge >= 0.3 is 6.18 Å². The molecule has 1 saturated carbocycles. The molecule has 0 heterocycles. The Morgan fingerprint density at radius 3 is 2.14 bits per heavy atom. The summed E-state index contributed by atoms with van der Waals surface area (Å²) in [4.78, 5) is 0. The van der Waals surface area contributed by atoms with Gasteiger partial charge in [-0.2, -0.15) is 13.2 Å². The highest BCUT2D eigenvalue weighted by atomic mass is 19.4. The Balaban J connectivity index is 2.20. The van der Waals surface area contributed by atoms with Gasteiger partial charge in [-0.05, 0) is 48.8 Å². The van der Waals surface area contributed by atoms with Gasteiger partial charge in [0.2, 0.25) is 0 Å². The smallest absolute Gasteiger partial charge is 0.321 e. The highest BCUT2D eigenvalue weighted by molar-refractivity contribution is 5.34. The Kier molecular flexibility index (Phi) is 4.39. The van der Waals surface area contributed by atoms with Crippen LogP contribution in [-0.4, -0.2) is 0 Å². The zero-order chi connectivity index (χ0) is 15.7. The van der Waals surface area contributed by atoms with Crippen LogP contribution in [0.2, 0.25) is 0 Å². The van der Waals surface area contributed by atoms with Crippen molar-refractivity contribution in [2.24, 2.45) is 11.1 Å². The lowest BCUT2D eigenvalue weighted by atomic mass is 9.52. The van der Waals surface area contributed by atoms with E-state index in [1.54, 1.807) is 6.07 Å². The fourth-order valence-electron chi connectivity index (χ4n) is 4.04. The number of halogens is 3. The zero-order valence-corrected chi connectivity index (χ0v) is 12.8. The molecule has 0 atom stereocenters. The summed E-state index contributed by atoms with van der Waals surface area (Å²) >= 11 is 0. The average Bonchev–Trinajstić information content (AvgIpc) is 2.37. The average molecular weight is 299 g/mol. The molecule has 1 aromatic rings. The van der Waals surface area contributed by atoms with E-state index in [4.69, 9.17) is 5.73 Å². The molecule has 1 nitrogen and oxygen atoms in total. The van der Waals surface area contributed by atoms with Crippen LogP contribution in [-0.2, 0) is 11.7 Å². The van der Waals surface area contributed by atoms with Crippen LogP contribution < -0.4 is 5.73 Å². The van der Waals surface area contributed by atoms with Crippen LogP contribution in [0.15, 0.2) is 24.3 Å². The predicted molar refractivity (Wildman–Crippen MR) is 78.8 cm³/mol. The second-order valence-electron chi connectivity index (χ2n) is 6.59. The van der Waals surface area contributed by atoms with Crippen LogP contribution in [0.5, 0.6) is 0 Å². The van der Waals surface area contributed by atoms with Gasteiger partial charge in [0.25, 0.3) is 0 Å². The van der Waals surface area contributed by atoms with Gasteiger partial charge in [-0.25, -0.2) is 0 Å². The summed E-state index contributed by atoms with van der Waals surface area (Å²) in [5, 5.41) is 0. The quantitative estimate of drug-likeness (QED) is 0.790. The SMILES string of the molecule is CCCC1(CCC)CC(N)(c2cccc(C(F)(F)F)c2)C1. The second kappa shape index (κ2) is 5.64. The van der Waals surface area contributed by atoms with Crippen molar-refractivity contribution in [3.63, 3.8) is 0 Å². The summed E-state index contributed by atoms with van der Waals surface area (Å²) in [6, 6.07) is 5.53. The van der Waals surface area contributed by atoms with Crippen molar-refractivity contribution in [3.8, 4) is 0 Å². The van der Waals surface area contributed by atoms with E-state index in [-0.39, 0.29) is 5.41 Å². The molecule has 0 saturated heterocycles. The van der Waals surface area contributed by atoms with Crippen molar-refractivity contribution in [1.29, 1.82) is 0 Å². The minimum Gasteiger partial charge on any atom is -0.321 e. The van der Waals surface area contributed by atoms with Crippen molar-refractivity contribution in [2.75, 3.05) is 0 Å². The summed E-state index contributed by atoms with van der Waals surface area (Å²) in [6.07, 6.45) is 1.70. The maximum Gasteiger partial charge on any atom is 0.416 e. The second-order valence-corrected chi connectivity index (χ2v) is 6.59. The van der Waals surface area contributed by atoms with Crippen LogP contribution in [0.25, 0.3) is 0 Å². The molecule has 0 aromatic heterocycles. The fourth-order valence-corrected chi connectivity index (χ4v) is 4.04. The van der Waals surface area contributed by atoms with Crippen LogP contribution in [0.1, 0.15) is 63.5 Å². The zero-order valence-electron chi connectivity index (χ0n) is 12.8. The number of hydrogen-bond donors (Lipinski definition) is 1. The highest BCUT2D eigenvalue weighted by Gasteiger charge is 2.52. The van der Waals surface area contributed by atoms with Crippen LogP contribution in [0, 0.1) is 5.41 Å². The van der Waals surface area contributed by atoms with Crippen molar-refractivity contribution in [1.82, 2.24) is 0 Å². The third-order valence-electron chi connectivity index (χ3n) is 4.71. The third kappa shape index (κ3) is 3.25. The third-order valence-corrected chi connectivity index (χ3v) is 4.71. The monoisotopic (exact) mass is 299 g/mol. The van der Waals surface area contributed by atoms with E-state index in [2.05, 4.69) is 13.8 Å². The van der Waals surface area contributed by atoms with Crippen molar-refractivity contribution in [3.05, 3.63) is 35.4 Å². The molecular weight excluding hydrogens is 275 g/mol. The van der Waals surface area contributed by atoms with E-state index in [0.717, 1.165) is 44.6 Å². The van der Waals surface area contributed by atoms with Gasteiger partial charge in [-0.3, -0.25) is 0 Å². The van der Waals surface area contributed by atoms with Crippen molar-refractivity contribution >= 4 is 0 Å². The maximum atomic E-state index is 12.8. The number of nitrogens with two attached hydrogens (primary N) is 1. The Hall–Kier alpha value is -1.03. The van der Waals surface area contributed by atoms with Gasteiger partial charge in [-0.1, -0.05) is 38.8 Å². The van der Waals surface area contributed by atoms with Crippen molar-refractivity contribution < 1.29 is 13.2 Å². The summed E-state index contributed by atoms with van der Waals surface area (Å²) in [6.45, 7) is 4.30. The van der Waals surface area contributed by atoms with E-state index in [0.29, 0.717) is 5.56 Å². The maximum absolute atomic E-state index is 12.8. The largest absolute Gasteiger partial charge is 0.416 e. The Morgan fingerprint density at radius 2 is 1.67 bits per heavy atom. The molecule has 1 aliphatic carbocycles. The molecule has 2 rings (SSSR count). The molecule has 2 N–H and O–H groups in total. The van der Waals surface area contributed by atoms with Crippen LogP contribution in [0.3, 0.4) is 0 Å². The van der Waals surface area contributed by atoms with Gasteiger partial charge in [0, 0.05) is 5.54 Å². The molecule has 21 heavy (non-hydrogen) atoms. The number of benzene rings is 1. The molecular formula is C17H24F3N. The molecule has 1 fully saturated rings. The lowest BCUT2D eigenvalue weighted by Gasteiger charge is -2.55. The van der Waals surface area contributed by atoms with Gasteiger partial charge in [0.05, 0.1) is 5.56 Å². The van der Waals surface area contributed by atoms with E-state index >= 15 is 0 Å². The molecule has 0 aliphatic heterocycles. The lowest BCUT2D eigenvalue weighted by molar-refractivity contribution is -0.137. The standard InChI is InChI=1S/C17H24F3N/c1-3-8-15(9-4-2)11-16(21,12-15)13-6-5-7-14(10-13)17(18,19)20/h5-7,10H,3-4,8-9,11-12,21H2,1-2H3. The first-order valence-corrected chi connectivity index (χ1v) is 7.71. The molecule has 1 aliphatic rings. The first-order chi connectivity index (χ1) is 9.75. The van der Waals surface area contributed by atoms with E-state index in [1.807, 2.05) is 0 Å². The summed E-state index contributed by atoms with van der Waals surface area (Å²) in [5.74, 6) is 0. The van der Waals surface area contributed by atoms with E-state index in [1.165, 1.54) is 12.1 Å². The Bertz CT molecular complexity index is 479. The van der Waals surface area contributed by atoms with Gasteiger partial charge in [-0.15, -0.1) is 0 Å². The lowest BCUT2D eigenvalue weighted by Crippen LogP contribution is -2.55. The summed E-state index contributed by atoms with van der Waals surface area (Å²) < 4.78 is 38.5. The van der Waals surface area contributed by atoms with Crippen LogP contribution in [0.4, 0.5) is 13.2 Å². The summed E-state index contributed by atoms with van der Waals surface area (Å²) in [7, 11) is 0. The molecule has 0 bridgehead atoms. The first kappa shape index (κ1) is 16.3. The normalized spacial score (nSPS) is 20.1. The fraction of sp³-hybridized carbons (Fsp3) is 0.647. The topological polar surface area (TPSA) is 26.0 Å². The van der Waals surface area contributed by atoms with E-state index in [9.17, 15) is 13.2 Å². The highest BCUT2D eigenvalue weighted by Crippen LogP contribution is 2.57. The number of rotatable bonds is 5. The van der Waals surface area contributed by atoms with Gasteiger partial charge < -0.3 is 5.73 Å². The molecule has 1 aromatic carbocycles. The molecule has 0 radical (unpaired) electrons. The first-order valence-electron chi connectivity index (χ1n) is 7.71. The van der Waals surface area contributed by atoms with Gasteiger partial charge in [0.15, 0.2) is 0 Å². The minimum absolute atomic E-state index is 0.229. The number of alkyl halides is 3. The predicted octanol–water partition coefficient (Wildman–Crippen LogP) is 5.24. The summed E-state index contributed by atoms with van der Waals surface area (Å²) in [5.41, 5.74) is 6.06. The molecule has 4 heteroatoms. The molecule has 0 unspecified atom stereocenters. The molecule has 118 valence electrons. The van der Waals surface area contributed by atoms with Gasteiger partial charge in [0.1, 0.15) is 0 Å².